The molecule has 1 saturated heterocycles. The van der Waals surface area contributed by atoms with E-state index in [-0.39, 0.29) is 17.9 Å². The summed E-state index contributed by atoms with van der Waals surface area (Å²) in [6.07, 6.45) is 1.53. The number of nitrogens with one attached hydrogen (secondary N) is 2. The van der Waals surface area contributed by atoms with Crippen LogP contribution in [0.15, 0.2) is 42.5 Å². The fourth-order valence-electron chi connectivity index (χ4n) is 3.56. The van der Waals surface area contributed by atoms with Gasteiger partial charge in [-0.2, -0.15) is 0 Å². The third-order valence-electron chi connectivity index (χ3n) is 5.44. The van der Waals surface area contributed by atoms with E-state index in [1.165, 1.54) is 11.3 Å². The van der Waals surface area contributed by atoms with E-state index < -0.39 is 0 Å². The van der Waals surface area contributed by atoms with Crippen LogP contribution in [0.5, 0.6) is 0 Å². The van der Waals surface area contributed by atoms with Gasteiger partial charge in [0.15, 0.2) is 0 Å². The number of urea groups is 1. The normalized spacial score (nSPS) is 14.3. The maximum atomic E-state index is 12.6. The van der Waals surface area contributed by atoms with Crippen LogP contribution in [0.3, 0.4) is 0 Å². The second kappa shape index (κ2) is 9.67. The Morgan fingerprint density at radius 3 is 2.38 bits per heavy atom. The van der Waals surface area contributed by atoms with E-state index in [1.54, 1.807) is 4.90 Å². The first-order chi connectivity index (χ1) is 15.4. The second-order valence-electron chi connectivity index (χ2n) is 7.94. The average molecular weight is 470 g/mol. The molecule has 1 fully saturated rings. The first-order valence-electron chi connectivity index (χ1n) is 10.4. The Labute approximate surface area is 195 Å². The van der Waals surface area contributed by atoms with Crippen LogP contribution in [-0.4, -0.2) is 40.1 Å². The highest BCUT2D eigenvalue weighted by atomic mass is 35.5. The molecule has 2 N–H and O–H groups in total. The van der Waals surface area contributed by atoms with Crippen LogP contribution < -0.4 is 10.6 Å². The number of piperidine rings is 1. The summed E-state index contributed by atoms with van der Waals surface area (Å²) >= 11 is 7.54. The smallest absolute Gasteiger partial charge is 0.321 e. The molecule has 0 saturated carbocycles. The van der Waals surface area contributed by atoms with Gasteiger partial charge in [-0.05, 0) is 56.5 Å². The lowest BCUT2D eigenvalue weighted by atomic mass is 9.98. The summed E-state index contributed by atoms with van der Waals surface area (Å²) in [5.74, 6) is -0.0789. The van der Waals surface area contributed by atoms with Crippen molar-refractivity contribution in [1.82, 2.24) is 15.1 Å². The minimum atomic E-state index is -0.260. The summed E-state index contributed by atoms with van der Waals surface area (Å²) in [6, 6.07) is 13.0. The summed E-state index contributed by atoms with van der Waals surface area (Å²) in [7, 11) is 0. The van der Waals surface area contributed by atoms with Crippen LogP contribution in [0.25, 0.3) is 0 Å². The zero-order chi connectivity index (χ0) is 22.7. The number of halogens is 1. The number of anilines is 2. The minimum absolute atomic E-state index is 0.162. The van der Waals surface area contributed by atoms with Crippen LogP contribution in [0.1, 0.15) is 44.7 Å². The second-order valence-corrected chi connectivity index (χ2v) is 9.36. The summed E-state index contributed by atoms with van der Waals surface area (Å²) in [5.41, 5.74) is 3.50. The average Bonchev–Trinajstić information content (AvgIpc) is 3.28. The Balaban J connectivity index is 1.31. The SMILES string of the molecule is Cc1ccc(NC(=O)c2nnc(C3CCN(C(=O)Nc4ccc(C)cc4Cl)CC3)s2)cc1. The van der Waals surface area contributed by atoms with Crippen molar-refractivity contribution < 1.29 is 9.59 Å². The van der Waals surface area contributed by atoms with Crippen LogP contribution in [0.4, 0.5) is 16.2 Å². The number of nitrogens with zero attached hydrogens (tertiary/aromatic N) is 3. The fraction of sp³-hybridized carbons (Fsp3) is 0.304. The van der Waals surface area contributed by atoms with Gasteiger partial charge in [-0.1, -0.05) is 46.7 Å². The van der Waals surface area contributed by atoms with Gasteiger partial charge in [0.25, 0.3) is 5.91 Å². The molecule has 2 aromatic carbocycles. The zero-order valence-corrected chi connectivity index (χ0v) is 19.5. The molecule has 166 valence electrons. The molecular formula is C23H24ClN5O2S. The van der Waals surface area contributed by atoms with E-state index in [4.69, 9.17) is 11.6 Å². The lowest BCUT2D eigenvalue weighted by Crippen LogP contribution is -2.40. The van der Waals surface area contributed by atoms with Gasteiger partial charge in [0, 0.05) is 24.7 Å². The van der Waals surface area contributed by atoms with Gasteiger partial charge >= 0.3 is 6.03 Å². The van der Waals surface area contributed by atoms with Gasteiger partial charge in [-0.3, -0.25) is 4.79 Å². The molecule has 0 bridgehead atoms. The lowest BCUT2D eigenvalue weighted by Gasteiger charge is -2.31. The van der Waals surface area contributed by atoms with Crippen molar-refractivity contribution in [2.24, 2.45) is 0 Å². The summed E-state index contributed by atoms with van der Waals surface area (Å²) < 4.78 is 0. The first-order valence-corrected chi connectivity index (χ1v) is 11.6. The van der Waals surface area contributed by atoms with Crippen LogP contribution in [-0.2, 0) is 0 Å². The van der Waals surface area contributed by atoms with E-state index in [2.05, 4.69) is 20.8 Å². The number of rotatable bonds is 4. The van der Waals surface area contributed by atoms with Gasteiger partial charge in [0.05, 0.1) is 10.7 Å². The minimum Gasteiger partial charge on any atom is -0.324 e. The van der Waals surface area contributed by atoms with E-state index in [1.807, 2.05) is 56.3 Å². The van der Waals surface area contributed by atoms with Crippen LogP contribution in [0, 0.1) is 13.8 Å². The third kappa shape index (κ3) is 5.26. The zero-order valence-electron chi connectivity index (χ0n) is 17.9. The molecular weight excluding hydrogens is 446 g/mol. The molecule has 1 aliphatic heterocycles. The number of likely N-dealkylation sites (tertiary alicyclic amines) is 1. The molecule has 0 aliphatic carbocycles. The highest BCUT2D eigenvalue weighted by Gasteiger charge is 2.27. The Kier molecular flexibility index (Phi) is 6.72. The van der Waals surface area contributed by atoms with E-state index in [9.17, 15) is 9.59 Å². The topological polar surface area (TPSA) is 87.2 Å². The summed E-state index contributed by atoms with van der Waals surface area (Å²) in [4.78, 5) is 26.9. The van der Waals surface area contributed by atoms with Crippen LogP contribution >= 0.6 is 22.9 Å². The number of aromatic nitrogens is 2. The van der Waals surface area contributed by atoms with Gasteiger partial charge in [0.1, 0.15) is 5.01 Å². The number of hydrogen-bond donors (Lipinski definition) is 2. The van der Waals surface area contributed by atoms with Gasteiger partial charge in [-0.15, -0.1) is 10.2 Å². The molecule has 0 spiro atoms. The van der Waals surface area contributed by atoms with Crippen molar-refractivity contribution in [3.63, 3.8) is 0 Å². The summed E-state index contributed by atoms with van der Waals surface area (Å²) in [6.45, 7) is 5.15. The van der Waals surface area contributed by atoms with Crippen molar-refractivity contribution in [3.05, 3.63) is 68.6 Å². The molecule has 2 heterocycles. The predicted molar refractivity (Wildman–Crippen MR) is 128 cm³/mol. The molecule has 4 rings (SSSR count). The van der Waals surface area contributed by atoms with Crippen molar-refractivity contribution >= 4 is 46.3 Å². The molecule has 0 unspecified atom stereocenters. The number of benzene rings is 2. The standard InChI is InChI=1S/C23H24ClN5O2S/c1-14-3-6-17(7-4-14)25-20(30)22-28-27-21(32-22)16-9-11-29(12-10-16)23(31)26-19-8-5-15(2)13-18(19)24/h3-8,13,16H,9-12H2,1-2H3,(H,25,30)(H,26,31). The highest BCUT2D eigenvalue weighted by molar-refractivity contribution is 7.13. The van der Waals surface area contributed by atoms with Crippen molar-refractivity contribution in [1.29, 1.82) is 0 Å². The highest BCUT2D eigenvalue weighted by Crippen LogP contribution is 2.31. The van der Waals surface area contributed by atoms with Gasteiger partial charge in [-0.25, -0.2) is 4.79 Å². The maximum absolute atomic E-state index is 12.6. The van der Waals surface area contributed by atoms with Crippen molar-refractivity contribution in [2.75, 3.05) is 23.7 Å². The quantitative estimate of drug-likeness (QED) is 0.530. The summed E-state index contributed by atoms with van der Waals surface area (Å²) in [5, 5.41) is 15.8. The Morgan fingerprint density at radius 1 is 1.00 bits per heavy atom. The fourth-order valence-corrected chi connectivity index (χ4v) is 4.75. The van der Waals surface area contributed by atoms with Gasteiger partial charge in [0.2, 0.25) is 5.01 Å². The number of hydrogen-bond acceptors (Lipinski definition) is 5. The molecule has 1 aliphatic rings. The molecule has 32 heavy (non-hydrogen) atoms. The first kappa shape index (κ1) is 22.2. The monoisotopic (exact) mass is 469 g/mol. The Hall–Kier alpha value is -2.97. The largest absolute Gasteiger partial charge is 0.324 e. The third-order valence-corrected chi connectivity index (χ3v) is 6.84. The molecule has 0 atom stereocenters. The van der Waals surface area contributed by atoms with Crippen molar-refractivity contribution in [2.45, 2.75) is 32.6 Å². The Bertz CT molecular complexity index is 1120. The Morgan fingerprint density at radius 2 is 1.69 bits per heavy atom. The van der Waals surface area contributed by atoms with E-state index >= 15 is 0 Å². The number of amides is 3. The van der Waals surface area contributed by atoms with Gasteiger partial charge < -0.3 is 15.5 Å². The van der Waals surface area contributed by atoms with Crippen molar-refractivity contribution in [3.8, 4) is 0 Å². The molecule has 1 aromatic heterocycles. The molecule has 3 amide bonds. The molecule has 9 heteroatoms. The number of aryl methyl sites for hydroxylation is 2. The van der Waals surface area contributed by atoms with Crippen LogP contribution in [0.2, 0.25) is 5.02 Å². The predicted octanol–water partition coefficient (Wildman–Crippen LogP) is 5.47. The lowest BCUT2D eigenvalue weighted by molar-refractivity contribution is 0.102. The number of carbonyl (C=O) groups excluding carboxylic acids is 2. The van der Waals surface area contributed by atoms with E-state index in [0.717, 1.165) is 34.7 Å². The molecule has 7 nitrogen and oxygen atoms in total. The van der Waals surface area contributed by atoms with E-state index in [0.29, 0.717) is 28.8 Å². The maximum Gasteiger partial charge on any atom is 0.321 e. The number of carbonyl (C=O) groups is 2. The molecule has 0 radical (unpaired) electrons. The molecule has 3 aromatic rings.